The number of aromatic nitrogens is 3. The van der Waals surface area contributed by atoms with E-state index in [-0.39, 0.29) is 0 Å². The minimum Gasteiger partial charge on any atom is -0.255 e. The molecule has 27 heavy (non-hydrogen) atoms. The highest BCUT2D eigenvalue weighted by molar-refractivity contribution is 6.11. The fourth-order valence-electron chi connectivity index (χ4n) is 4.45. The Balaban J connectivity index is 2.08. The third kappa shape index (κ3) is 2.27. The average molecular weight is 354 g/mol. The zero-order chi connectivity index (χ0) is 18.7. The van der Waals surface area contributed by atoms with Gasteiger partial charge in [0.25, 0.3) is 5.65 Å². The van der Waals surface area contributed by atoms with E-state index in [2.05, 4.69) is 85.3 Å². The smallest absolute Gasteiger partial charge is 0.255 e. The molecule has 0 radical (unpaired) electrons. The standard InChI is InChI=1S/C24H24N3/c1-15(2)13-17-9-10-20-21(14-17)27-19-8-6-5-7-18(19)23-22(24(27)26(20)4)16(3)11-12-25-23/h5-12,14-15H,13H2,1-4H3/q+1. The first-order valence-corrected chi connectivity index (χ1v) is 9.65. The molecule has 0 spiro atoms. The van der Waals surface area contributed by atoms with Crippen molar-refractivity contribution in [2.24, 2.45) is 13.0 Å². The van der Waals surface area contributed by atoms with Crippen LogP contribution in [0.25, 0.3) is 38.5 Å². The Morgan fingerprint density at radius 1 is 1.04 bits per heavy atom. The van der Waals surface area contributed by atoms with Gasteiger partial charge in [-0.05, 0) is 60.7 Å². The van der Waals surface area contributed by atoms with Gasteiger partial charge in [0.2, 0.25) is 0 Å². The predicted octanol–water partition coefficient (Wildman–Crippen LogP) is 5.13. The number of imidazole rings is 1. The van der Waals surface area contributed by atoms with Crippen molar-refractivity contribution >= 4 is 38.5 Å². The van der Waals surface area contributed by atoms with Crippen molar-refractivity contribution in [3.05, 3.63) is 65.9 Å². The summed E-state index contributed by atoms with van der Waals surface area (Å²) in [5, 5.41) is 2.44. The van der Waals surface area contributed by atoms with E-state index in [0.29, 0.717) is 5.92 Å². The van der Waals surface area contributed by atoms with E-state index < -0.39 is 0 Å². The molecule has 0 N–H and O–H groups in total. The Morgan fingerprint density at radius 2 is 1.85 bits per heavy atom. The zero-order valence-corrected chi connectivity index (χ0v) is 16.3. The molecule has 134 valence electrons. The Bertz CT molecular complexity index is 1340. The second-order valence-corrected chi connectivity index (χ2v) is 8.01. The minimum absolute atomic E-state index is 0.645. The molecule has 0 aliphatic carbocycles. The number of hydrogen-bond donors (Lipinski definition) is 0. The van der Waals surface area contributed by atoms with Gasteiger partial charge >= 0.3 is 0 Å². The Labute approximate surface area is 158 Å². The van der Waals surface area contributed by atoms with Crippen LogP contribution in [0, 0.1) is 12.8 Å². The maximum Gasteiger partial charge on any atom is 0.297 e. The highest BCUT2D eigenvalue weighted by Gasteiger charge is 2.24. The van der Waals surface area contributed by atoms with Crippen LogP contribution in [0.3, 0.4) is 0 Å². The largest absolute Gasteiger partial charge is 0.297 e. The molecule has 3 heteroatoms. The van der Waals surface area contributed by atoms with Crippen molar-refractivity contribution < 1.29 is 4.57 Å². The molecular weight excluding hydrogens is 330 g/mol. The van der Waals surface area contributed by atoms with Crippen LogP contribution in [0.5, 0.6) is 0 Å². The summed E-state index contributed by atoms with van der Waals surface area (Å²) in [6, 6.07) is 17.6. The number of pyridine rings is 2. The van der Waals surface area contributed by atoms with Crippen molar-refractivity contribution in [1.82, 2.24) is 9.38 Å². The van der Waals surface area contributed by atoms with Crippen LogP contribution in [-0.4, -0.2) is 9.38 Å². The van der Waals surface area contributed by atoms with Crippen molar-refractivity contribution in [2.75, 3.05) is 0 Å². The fourth-order valence-corrected chi connectivity index (χ4v) is 4.45. The van der Waals surface area contributed by atoms with Gasteiger partial charge in [-0.2, -0.15) is 4.40 Å². The van der Waals surface area contributed by atoms with Gasteiger partial charge in [-0.1, -0.05) is 32.0 Å². The van der Waals surface area contributed by atoms with E-state index in [4.69, 9.17) is 4.98 Å². The highest BCUT2D eigenvalue weighted by atomic mass is 15.1. The number of benzene rings is 2. The Hall–Kier alpha value is -2.94. The van der Waals surface area contributed by atoms with E-state index >= 15 is 0 Å². The summed E-state index contributed by atoms with van der Waals surface area (Å²) < 4.78 is 4.74. The summed E-state index contributed by atoms with van der Waals surface area (Å²) in [5.74, 6) is 0.645. The van der Waals surface area contributed by atoms with Crippen LogP contribution in [-0.2, 0) is 13.5 Å². The molecule has 0 saturated carbocycles. The van der Waals surface area contributed by atoms with Gasteiger partial charge in [-0.25, -0.2) is 4.57 Å². The second-order valence-electron chi connectivity index (χ2n) is 8.01. The number of aryl methyl sites for hydroxylation is 2. The van der Waals surface area contributed by atoms with Crippen molar-refractivity contribution in [2.45, 2.75) is 27.2 Å². The molecule has 0 unspecified atom stereocenters. The van der Waals surface area contributed by atoms with Gasteiger partial charge in [-0.15, -0.1) is 0 Å². The van der Waals surface area contributed by atoms with Gasteiger partial charge in [0, 0.05) is 11.6 Å². The summed E-state index contributed by atoms with van der Waals surface area (Å²) >= 11 is 0. The number of nitrogens with zero attached hydrogens (tertiary/aromatic N) is 3. The van der Waals surface area contributed by atoms with Gasteiger partial charge < -0.3 is 0 Å². The number of rotatable bonds is 2. The van der Waals surface area contributed by atoms with Crippen LogP contribution in [0.4, 0.5) is 0 Å². The summed E-state index contributed by atoms with van der Waals surface area (Å²) in [6.45, 7) is 6.73. The molecule has 0 aliphatic heterocycles. The molecule has 5 rings (SSSR count). The molecular formula is C24H24N3+. The first kappa shape index (κ1) is 16.2. The lowest BCUT2D eigenvalue weighted by atomic mass is 10.0. The number of fused-ring (bicyclic) bond motifs is 8. The lowest BCUT2D eigenvalue weighted by molar-refractivity contribution is -0.617. The third-order valence-corrected chi connectivity index (χ3v) is 5.60. The van der Waals surface area contributed by atoms with E-state index in [0.717, 1.165) is 11.9 Å². The molecule has 0 amide bonds. The second kappa shape index (κ2) is 5.78. The van der Waals surface area contributed by atoms with Crippen LogP contribution >= 0.6 is 0 Å². The van der Waals surface area contributed by atoms with Gasteiger partial charge in [0.1, 0.15) is 5.52 Å². The van der Waals surface area contributed by atoms with Crippen LogP contribution in [0.15, 0.2) is 54.7 Å². The normalized spacial score (nSPS) is 12.2. The molecule has 0 saturated heterocycles. The van der Waals surface area contributed by atoms with E-state index in [1.807, 2.05) is 6.20 Å². The van der Waals surface area contributed by atoms with Crippen LogP contribution in [0.2, 0.25) is 0 Å². The molecule has 5 aromatic rings. The maximum atomic E-state index is 4.76. The molecule has 0 fully saturated rings. The minimum atomic E-state index is 0.645. The number of para-hydroxylation sites is 1. The average Bonchev–Trinajstić information content (AvgIpc) is 2.94. The Kier molecular flexibility index (Phi) is 3.48. The van der Waals surface area contributed by atoms with E-state index in [1.165, 1.54) is 44.1 Å². The molecule has 3 aromatic heterocycles. The SMILES string of the molecule is Cc1ccnc2c3ccccc3n3c4cc(CC(C)C)ccc4[n+](C)c3c12. The molecule has 0 bridgehead atoms. The molecule has 0 aliphatic rings. The van der Waals surface area contributed by atoms with Gasteiger partial charge in [0.15, 0.2) is 11.0 Å². The fraction of sp³-hybridized carbons (Fsp3) is 0.250. The topological polar surface area (TPSA) is 21.2 Å². The quantitative estimate of drug-likeness (QED) is 0.318. The highest BCUT2D eigenvalue weighted by Crippen LogP contribution is 2.32. The summed E-state index contributed by atoms with van der Waals surface area (Å²) in [6.07, 6.45) is 3.02. The van der Waals surface area contributed by atoms with Crippen molar-refractivity contribution in [3.8, 4) is 0 Å². The van der Waals surface area contributed by atoms with Crippen LogP contribution in [0.1, 0.15) is 25.0 Å². The first-order valence-electron chi connectivity index (χ1n) is 9.65. The number of hydrogen-bond acceptors (Lipinski definition) is 1. The third-order valence-electron chi connectivity index (χ3n) is 5.60. The molecule has 2 aromatic carbocycles. The van der Waals surface area contributed by atoms with Gasteiger partial charge in [0.05, 0.1) is 18.0 Å². The van der Waals surface area contributed by atoms with Gasteiger partial charge in [-0.3, -0.25) is 4.98 Å². The maximum absolute atomic E-state index is 4.76. The molecule has 3 nitrogen and oxygen atoms in total. The first-order chi connectivity index (χ1) is 13.1. The summed E-state index contributed by atoms with van der Waals surface area (Å²) in [7, 11) is 2.17. The lowest BCUT2D eigenvalue weighted by Gasteiger charge is -2.06. The van der Waals surface area contributed by atoms with Crippen LogP contribution < -0.4 is 4.57 Å². The summed E-state index contributed by atoms with van der Waals surface area (Å²) in [5.41, 5.74) is 8.69. The monoisotopic (exact) mass is 354 g/mol. The van der Waals surface area contributed by atoms with Crippen molar-refractivity contribution in [3.63, 3.8) is 0 Å². The lowest BCUT2D eigenvalue weighted by Crippen LogP contribution is -2.27. The van der Waals surface area contributed by atoms with Crippen molar-refractivity contribution in [1.29, 1.82) is 0 Å². The predicted molar refractivity (Wildman–Crippen MR) is 112 cm³/mol. The molecule has 0 atom stereocenters. The summed E-state index contributed by atoms with van der Waals surface area (Å²) in [4.78, 5) is 4.76. The molecule has 3 heterocycles. The van der Waals surface area contributed by atoms with E-state index in [1.54, 1.807) is 0 Å². The van der Waals surface area contributed by atoms with E-state index in [9.17, 15) is 0 Å². The Morgan fingerprint density at radius 3 is 2.67 bits per heavy atom. The zero-order valence-electron chi connectivity index (χ0n) is 16.3.